The highest BCUT2D eigenvalue weighted by molar-refractivity contribution is 5.90. The van der Waals surface area contributed by atoms with Crippen molar-refractivity contribution in [2.45, 2.75) is 91.3 Å². The Balaban J connectivity index is 3.19. The average molecular weight is 464 g/mol. The van der Waals surface area contributed by atoms with E-state index < -0.39 is 23.3 Å². The van der Waals surface area contributed by atoms with Crippen LogP contribution in [0.4, 0.5) is 4.79 Å². The number of carbonyl (C=O) groups excluding carboxylic acids is 3. The zero-order valence-electron chi connectivity index (χ0n) is 21.2. The van der Waals surface area contributed by atoms with Crippen LogP contribution in [0, 0.1) is 0 Å². The molecule has 0 saturated carbocycles. The van der Waals surface area contributed by atoms with Crippen molar-refractivity contribution in [3.63, 3.8) is 0 Å². The first-order chi connectivity index (χ1) is 15.2. The maximum Gasteiger partial charge on any atom is 0.408 e. The molecule has 0 aliphatic rings. The molecule has 0 fully saturated rings. The summed E-state index contributed by atoms with van der Waals surface area (Å²) < 4.78 is 5.22. The lowest BCUT2D eigenvalue weighted by molar-refractivity contribution is -0.141. The van der Waals surface area contributed by atoms with Crippen LogP contribution in [0.25, 0.3) is 0 Å². The Bertz CT molecular complexity index is 779. The molecular formula is C25H41N3O5. The Hall–Kier alpha value is -2.77. The van der Waals surface area contributed by atoms with E-state index in [9.17, 15) is 19.5 Å². The lowest BCUT2D eigenvalue weighted by Gasteiger charge is -2.34. The van der Waals surface area contributed by atoms with Gasteiger partial charge in [-0.1, -0.05) is 38.3 Å². The first-order valence-electron chi connectivity index (χ1n) is 11.6. The zero-order chi connectivity index (χ0) is 25.2. The average Bonchev–Trinajstić information content (AvgIpc) is 2.67. The largest absolute Gasteiger partial charge is 0.508 e. The Morgan fingerprint density at radius 3 is 2.12 bits per heavy atom. The second-order valence-electron chi connectivity index (χ2n) is 10.2. The first kappa shape index (κ1) is 28.3. The van der Waals surface area contributed by atoms with Gasteiger partial charge >= 0.3 is 6.09 Å². The lowest BCUT2D eigenvalue weighted by atomic mass is 10.0. The van der Waals surface area contributed by atoms with Gasteiger partial charge in [0.05, 0.1) is 0 Å². The van der Waals surface area contributed by atoms with Crippen molar-refractivity contribution in [1.29, 1.82) is 0 Å². The molecule has 0 heterocycles. The number of amides is 3. The van der Waals surface area contributed by atoms with Gasteiger partial charge in [0.1, 0.15) is 23.9 Å². The summed E-state index contributed by atoms with van der Waals surface area (Å²) in [6.45, 7) is 13.0. The van der Waals surface area contributed by atoms with Gasteiger partial charge < -0.3 is 25.4 Å². The summed E-state index contributed by atoms with van der Waals surface area (Å²) in [7, 11) is 0. The Labute approximate surface area is 198 Å². The minimum absolute atomic E-state index is 0.0705. The standard InChI is InChI=1S/C25H41N3O5/c1-8-9-10-11-16-28(20(30)17-26-23(32)33-25(5,6)7)21(22(31)27-24(2,3)4)18-12-14-19(29)15-13-18/h12-15,21,29H,8-11,16-17H2,1-7H3,(H,26,32)(H,27,31). The molecule has 0 bridgehead atoms. The van der Waals surface area contributed by atoms with Crippen LogP contribution >= 0.6 is 0 Å². The van der Waals surface area contributed by atoms with E-state index in [4.69, 9.17) is 4.74 Å². The third kappa shape index (κ3) is 11.1. The van der Waals surface area contributed by atoms with Crippen LogP contribution < -0.4 is 10.6 Å². The maximum atomic E-state index is 13.3. The molecule has 0 radical (unpaired) electrons. The van der Waals surface area contributed by atoms with Crippen molar-refractivity contribution < 1.29 is 24.2 Å². The third-order valence-corrected chi connectivity index (χ3v) is 4.62. The van der Waals surface area contributed by atoms with Crippen LogP contribution in [0.3, 0.4) is 0 Å². The summed E-state index contributed by atoms with van der Waals surface area (Å²) in [5.74, 6) is -0.644. The fraction of sp³-hybridized carbons (Fsp3) is 0.640. The number of phenolic OH excluding ortho intramolecular Hbond substituents is 1. The molecule has 0 spiro atoms. The third-order valence-electron chi connectivity index (χ3n) is 4.62. The number of rotatable bonds is 10. The normalized spacial score (nSPS) is 12.6. The maximum absolute atomic E-state index is 13.3. The van der Waals surface area contributed by atoms with Crippen LogP contribution in [0.5, 0.6) is 5.75 Å². The number of phenols is 1. The van der Waals surface area contributed by atoms with Gasteiger partial charge in [-0.3, -0.25) is 9.59 Å². The Kier molecular flexibility index (Phi) is 10.7. The van der Waals surface area contributed by atoms with Gasteiger partial charge in [-0.15, -0.1) is 0 Å². The highest BCUT2D eigenvalue weighted by atomic mass is 16.6. The second kappa shape index (κ2) is 12.5. The van der Waals surface area contributed by atoms with Crippen LogP contribution in [-0.2, 0) is 14.3 Å². The van der Waals surface area contributed by atoms with Crippen molar-refractivity contribution in [3.05, 3.63) is 29.8 Å². The zero-order valence-corrected chi connectivity index (χ0v) is 21.2. The topological polar surface area (TPSA) is 108 Å². The van der Waals surface area contributed by atoms with E-state index >= 15 is 0 Å². The van der Waals surface area contributed by atoms with Gasteiger partial charge in [0.25, 0.3) is 0 Å². The van der Waals surface area contributed by atoms with E-state index in [-0.39, 0.29) is 24.1 Å². The van der Waals surface area contributed by atoms with Gasteiger partial charge in [-0.05, 0) is 65.7 Å². The number of unbranched alkanes of at least 4 members (excludes halogenated alkanes) is 3. The minimum atomic E-state index is -0.903. The number of ether oxygens (including phenoxy) is 1. The summed E-state index contributed by atoms with van der Waals surface area (Å²) in [4.78, 5) is 40.2. The molecule has 1 aromatic carbocycles. The van der Waals surface area contributed by atoms with Crippen molar-refractivity contribution in [3.8, 4) is 5.75 Å². The number of nitrogens with zero attached hydrogens (tertiary/aromatic N) is 1. The summed E-state index contributed by atoms with van der Waals surface area (Å²) in [6.07, 6.45) is 3.02. The summed E-state index contributed by atoms with van der Waals surface area (Å²) >= 11 is 0. The van der Waals surface area contributed by atoms with Crippen molar-refractivity contribution in [1.82, 2.24) is 15.5 Å². The van der Waals surface area contributed by atoms with E-state index in [2.05, 4.69) is 17.6 Å². The SMILES string of the molecule is CCCCCCN(C(=O)CNC(=O)OC(C)(C)C)C(C(=O)NC(C)(C)C)c1ccc(O)cc1. The monoisotopic (exact) mass is 463 g/mol. The van der Waals surface area contributed by atoms with Gasteiger partial charge in [0.2, 0.25) is 11.8 Å². The number of alkyl carbamates (subject to hydrolysis) is 1. The smallest absolute Gasteiger partial charge is 0.408 e. The predicted molar refractivity (Wildman–Crippen MR) is 129 cm³/mol. The molecule has 33 heavy (non-hydrogen) atoms. The lowest BCUT2D eigenvalue weighted by Crippen LogP contribution is -2.51. The predicted octanol–water partition coefficient (Wildman–Crippen LogP) is 4.28. The van der Waals surface area contributed by atoms with Crippen LogP contribution in [0.2, 0.25) is 0 Å². The highest BCUT2D eigenvalue weighted by Gasteiger charge is 2.33. The molecule has 186 valence electrons. The van der Waals surface area contributed by atoms with Crippen LogP contribution in [0.1, 0.15) is 85.8 Å². The molecule has 0 saturated heterocycles. The summed E-state index contributed by atoms with van der Waals surface area (Å²) in [5.41, 5.74) is -0.609. The number of aromatic hydroxyl groups is 1. The second-order valence-corrected chi connectivity index (χ2v) is 10.2. The molecule has 0 aromatic heterocycles. The Morgan fingerprint density at radius 1 is 1.00 bits per heavy atom. The minimum Gasteiger partial charge on any atom is -0.508 e. The molecule has 3 N–H and O–H groups in total. The van der Waals surface area contributed by atoms with Crippen molar-refractivity contribution in [2.75, 3.05) is 13.1 Å². The van der Waals surface area contributed by atoms with Crippen molar-refractivity contribution >= 4 is 17.9 Å². The number of benzene rings is 1. The van der Waals surface area contributed by atoms with E-state index in [0.29, 0.717) is 12.1 Å². The molecular weight excluding hydrogens is 422 g/mol. The molecule has 8 heteroatoms. The number of carbonyl (C=O) groups is 3. The first-order valence-corrected chi connectivity index (χ1v) is 11.6. The molecule has 0 aliphatic heterocycles. The molecule has 1 unspecified atom stereocenters. The molecule has 8 nitrogen and oxygen atoms in total. The molecule has 1 atom stereocenters. The van der Waals surface area contributed by atoms with E-state index in [1.165, 1.54) is 17.0 Å². The molecule has 0 aliphatic carbocycles. The quantitative estimate of drug-likeness (QED) is 0.449. The molecule has 1 aromatic rings. The fourth-order valence-electron chi connectivity index (χ4n) is 3.24. The number of nitrogens with one attached hydrogen (secondary N) is 2. The number of hydrogen-bond donors (Lipinski definition) is 3. The number of hydrogen-bond acceptors (Lipinski definition) is 5. The van der Waals surface area contributed by atoms with Gasteiger partial charge in [0, 0.05) is 12.1 Å². The Morgan fingerprint density at radius 2 is 1.61 bits per heavy atom. The van der Waals surface area contributed by atoms with Gasteiger partial charge in [-0.25, -0.2) is 4.79 Å². The van der Waals surface area contributed by atoms with Crippen LogP contribution in [-0.4, -0.2) is 52.1 Å². The highest BCUT2D eigenvalue weighted by Crippen LogP contribution is 2.25. The van der Waals surface area contributed by atoms with Gasteiger partial charge in [0.15, 0.2) is 0 Å². The molecule has 3 amide bonds. The van der Waals surface area contributed by atoms with E-state index in [0.717, 1.165) is 25.7 Å². The fourth-order valence-corrected chi connectivity index (χ4v) is 3.24. The summed E-state index contributed by atoms with van der Waals surface area (Å²) in [6, 6.07) is 5.35. The summed E-state index contributed by atoms with van der Waals surface area (Å²) in [5, 5.41) is 15.2. The molecule has 1 rings (SSSR count). The van der Waals surface area contributed by atoms with Crippen molar-refractivity contribution in [2.24, 2.45) is 0 Å². The van der Waals surface area contributed by atoms with E-state index in [1.54, 1.807) is 32.9 Å². The van der Waals surface area contributed by atoms with Crippen LogP contribution in [0.15, 0.2) is 24.3 Å². The van der Waals surface area contributed by atoms with E-state index in [1.807, 2.05) is 20.8 Å². The van der Waals surface area contributed by atoms with Gasteiger partial charge in [-0.2, -0.15) is 0 Å².